The van der Waals surface area contributed by atoms with E-state index in [0.29, 0.717) is 11.7 Å². The van der Waals surface area contributed by atoms with Crippen LogP contribution in [0.25, 0.3) is 0 Å². The third-order valence-corrected chi connectivity index (χ3v) is 2.89. The third-order valence-electron chi connectivity index (χ3n) is 2.89. The zero-order chi connectivity index (χ0) is 11.4. The number of carbonyl (C=O) groups is 1. The number of hydrogen-bond acceptors (Lipinski definition) is 4. The lowest BCUT2D eigenvalue weighted by Gasteiger charge is -2.26. The van der Waals surface area contributed by atoms with E-state index in [1.165, 1.54) is 6.42 Å². The Bertz CT molecular complexity index is 342. The monoisotopic (exact) mass is 223 g/mol. The number of hydrogen-bond donors (Lipinski definition) is 0. The van der Waals surface area contributed by atoms with Crippen LogP contribution in [0.4, 0.5) is 5.88 Å². The second-order valence-corrected chi connectivity index (χ2v) is 4.26. The smallest absolute Gasteiger partial charge is 0.196 e. The molecule has 0 N–H and O–H groups in total. The van der Waals surface area contributed by atoms with Gasteiger partial charge in [-0.15, -0.1) is 0 Å². The van der Waals surface area contributed by atoms with Gasteiger partial charge in [-0.25, -0.2) is 0 Å². The van der Waals surface area contributed by atoms with Crippen LogP contribution < -0.4 is 4.90 Å². The van der Waals surface area contributed by atoms with Crippen LogP contribution in [0.5, 0.6) is 0 Å². The molecule has 1 aromatic heterocycles. The first kappa shape index (κ1) is 11.2. The lowest BCUT2D eigenvalue weighted by molar-refractivity contribution is 0.0574. The molecule has 2 rings (SSSR count). The van der Waals surface area contributed by atoms with Crippen molar-refractivity contribution in [2.45, 2.75) is 12.8 Å². The fourth-order valence-corrected chi connectivity index (χ4v) is 2.04. The molecule has 1 atom stereocenters. The predicted octanol–water partition coefficient (Wildman–Crippen LogP) is 1.95. The molecule has 0 aromatic carbocycles. The molecule has 4 nitrogen and oxygen atoms in total. The van der Waals surface area contributed by atoms with E-state index < -0.39 is 0 Å². The van der Waals surface area contributed by atoms with E-state index in [0.717, 1.165) is 38.3 Å². The fraction of sp³-hybridized carbons (Fsp3) is 0.583. The molecule has 0 radical (unpaired) electrons. The van der Waals surface area contributed by atoms with Crippen LogP contribution in [0.1, 0.15) is 23.4 Å². The van der Waals surface area contributed by atoms with Crippen LogP contribution in [0.2, 0.25) is 0 Å². The molecule has 4 heteroatoms. The van der Waals surface area contributed by atoms with Gasteiger partial charge >= 0.3 is 0 Å². The minimum Gasteiger partial charge on any atom is -0.438 e. The van der Waals surface area contributed by atoms with Crippen LogP contribution in [0.3, 0.4) is 0 Å². The Morgan fingerprint density at radius 2 is 2.44 bits per heavy atom. The maximum absolute atomic E-state index is 10.5. The topological polar surface area (TPSA) is 42.7 Å². The van der Waals surface area contributed by atoms with E-state index in [1.807, 2.05) is 18.0 Å². The van der Waals surface area contributed by atoms with Crippen LogP contribution in [0.15, 0.2) is 16.5 Å². The van der Waals surface area contributed by atoms with E-state index in [-0.39, 0.29) is 0 Å². The fourth-order valence-electron chi connectivity index (χ4n) is 2.04. The first-order valence-electron chi connectivity index (χ1n) is 5.63. The van der Waals surface area contributed by atoms with Crippen LogP contribution in [0, 0.1) is 5.92 Å². The lowest BCUT2D eigenvalue weighted by Crippen LogP contribution is -2.30. The van der Waals surface area contributed by atoms with Gasteiger partial charge in [0.15, 0.2) is 17.9 Å². The van der Waals surface area contributed by atoms with Gasteiger partial charge in [-0.3, -0.25) is 4.79 Å². The summed E-state index contributed by atoms with van der Waals surface area (Å²) in [6.07, 6.45) is 3.06. The molecule has 1 fully saturated rings. The van der Waals surface area contributed by atoms with Crippen molar-refractivity contribution in [2.75, 3.05) is 31.7 Å². The van der Waals surface area contributed by atoms with Crippen molar-refractivity contribution in [3.63, 3.8) is 0 Å². The Kier molecular flexibility index (Phi) is 3.62. The average molecular weight is 223 g/mol. The molecule has 1 aliphatic heterocycles. The Balaban J connectivity index is 1.90. The van der Waals surface area contributed by atoms with Gasteiger partial charge in [0.2, 0.25) is 0 Å². The summed E-state index contributed by atoms with van der Waals surface area (Å²) in [6, 6.07) is 3.52. The van der Waals surface area contributed by atoms with Crippen LogP contribution in [-0.4, -0.2) is 33.1 Å². The molecular weight excluding hydrogens is 206 g/mol. The summed E-state index contributed by atoms with van der Waals surface area (Å²) < 4.78 is 10.8. The summed E-state index contributed by atoms with van der Waals surface area (Å²) in [7, 11) is 1.97. The van der Waals surface area contributed by atoms with Gasteiger partial charge in [-0.1, -0.05) is 0 Å². The second kappa shape index (κ2) is 5.16. The van der Waals surface area contributed by atoms with Gasteiger partial charge in [-0.2, -0.15) is 0 Å². The first-order chi connectivity index (χ1) is 7.79. The van der Waals surface area contributed by atoms with Gasteiger partial charge in [-0.05, 0) is 24.8 Å². The van der Waals surface area contributed by atoms with E-state index in [9.17, 15) is 4.79 Å². The molecule has 1 aliphatic rings. The summed E-state index contributed by atoms with van der Waals surface area (Å²) in [5.74, 6) is 1.68. The van der Waals surface area contributed by atoms with Crippen molar-refractivity contribution in [3.8, 4) is 0 Å². The van der Waals surface area contributed by atoms with E-state index in [2.05, 4.69) is 0 Å². The normalized spacial score (nSPS) is 20.7. The van der Waals surface area contributed by atoms with E-state index in [4.69, 9.17) is 9.15 Å². The molecule has 0 spiro atoms. The molecular formula is C12H17NO3. The molecule has 0 saturated carbocycles. The second-order valence-electron chi connectivity index (χ2n) is 4.26. The van der Waals surface area contributed by atoms with Gasteiger partial charge in [0.05, 0.1) is 6.61 Å². The quantitative estimate of drug-likeness (QED) is 0.732. The minimum absolute atomic E-state index is 0.377. The number of anilines is 1. The summed E-state index contributed by atoms with van der Waals surface area (Å²) in [6.45, 7) is 2.62. The summed E-state index contributed by atoms with van der Waals surface area (Å²) in [4.78, 5) is 12.5. The number of furan rings is 1. The maximum atomic E-state index is 10.5. The van der Waals surface area contributed by atoms with Gasteiger partial charge in [0.1, 0.15) is 0 Å². The van der Waals surface area contributed by atoms with Crippen molar-refractivity contribution >= 4 is 12.2 Å². The summed E-state index contributed by atoms with van der Waals surface area (Å²) >= 11 is 0. The van der Waals surface area contributed by atoms with Crippen molar-refractivity contribution < 1.29 is 13.9 Å². The highest BCUT2D eigenvalue weighted by Gasteiger charge is 2.17. The summed E-state index contributed by atoms with van der Waals surface area (Å²) in [5, 5.41) is 0. The molecule has 1 aromatic rings. The number of ether oxygens (including phenoxy) is 1. The SMILES string of the molecule is CN(CC1CCCOC1)c1ccc(C=O)o1. The minimum atomic E-state index is 0.377. The predicted molar refractivity (Wildman–Crippen MR) is 60.9 cm³/mol. The first-order valence-corrected chi connectivity index (χ1v) is 5.63. The highest BCUT2D eigenvalue weighted by atomic mass is 16.5. The standard InChI is InChI=1S/C12H17NO3/c1-13(7-10-3-2-6-15-9-10)12-5-4-11(8-14)16-12/h4-5,8,10H,2-3,6-7,9H2,1H3. The average Bonchev–Trinajstić information content (AvgIpc) is 2.79. The molecule has 1 saturated heterocycles. The Morgan fingerprint density at radius 1 is 1.56 bits per heavy atom. The van der Waals surface area contributed by atoms with Crippen LogP contribution >= 0.6 is 0 Å². The molecule has 0 aliphatic carbocycles. The number of aldehydes is 1. The Labute approximate surface area is 95.2 Å². The highest BCUT2D eigenvalue weighted by molar-refractivity contribution is 5.71. The van der Waals surface area contributed by atoms with E-state index in [1.54, 1.807) is 6.07 Å². The molecule has 2 heterocycles. The third kappa shape index (κ3) is 2.64. The van der Waals surface area contributed by atoms with Gasteiger partial charge in [0, 0.05) is 26.3 Å². The van der Waals surface area contributed by atoms with Crippen molar-refractivity contribution in [2.24, 2.45) is 5.92 Å². The molecule has 88 valence electrons. The van der Waals surface area contributed by atoms with Gasteiger partial charge in [0.25, 0.3) is 0 Å². The lowest BCUT2D eigenvalue weighted by atomic mass is 10.0. The van der Waals surface area contributed by atoms with Crippen molar-refractivity contribution in [1.29, 1.82) is 0 Å². The number of carbonyl (C=O) groups excluding carboxylic acids is 1. The molecule has 0 amide bonds. The van der Waals surface area contributed by atoms with Gasteiger partial charge < -0.3 is 14.1 Å². The van der Waals surface area contributed by atoms with E-state index >= 15 is 0 Å². The maximum Gasteiger partial charge on any atom is 0.196 e. The largest absolute Gasteiger partial charge is 0.438 e. The number of rotatable bonds is 4. The highest BCUT2D eigenvalue weighted by Crippen LogP contribution is 2.20. The summed E-state index contributed by atoms with van der Waals surface area (Å²) in [5.41, 5.74) is 0. The van der Waals surface area contributed by atoms with Crippen LogP contribution in [-0.2, 0) is 4.74 Å². The Morgan fingerprint density at radius 3 is 3.06 bits per heavy atom. The molecule has 1 unspecified atom stereocenters. The van der Waals surface area contributed by atoms with Crippen molar-refractivity contribution in [1.82, 2.24) is 0 Å². The van der Waals surface area contributed by atoms with Crippen molar-refractivity contribution in [3.05, 3.63) is 17.9 Å². The molecule has 0 bridgehead atoms. The number of nitrogens with zero attached hydrogens (tertiary/aromatic N) is 1. The zero-order valence-electron chi connectivity index (χ0n) is 9.52. The Hall–Kier alpha value is -1.29. The zero-order valence-corrected chi connectivity index (χ0v) is 9.52. The molecule has 16 heavy (non-hydrogen) atoms.